The van der Waals surface area contributed by atoms with Gasteiger partial charge in [0.1, 0.15) is 0 Å². The quantitative estimate of drug-likeness (QED) is 0.666. The van der Waals surface area contributed by atoms with Gasteiger partial charge in [-0.2, -0.15) is 5.10 Å². The normalized spacial score (nSPS) is 11.5. The molecule has 0 aliphatic heterocycles. The Balaban J connectivity index is 2.10. The average Bonchev–Trinajstić information content (AvgIpc) is 3.01. The lowest BCUT2D eigenvalue weighted by atomic mass is 10.1. The first-order valence-electron chi connectivity index (χ1n) is 8.11. The van der Waals surface area contributed by atoms with Crippen molar-refractivity contribution < 1.29 is 8.42 Å². The van der Waals surface area contributed by atoms with E-state index in [0.717, 1.165) is 9.87 Å². The Labute approximate surface area is 152 Å². The predicted octanol–water partition coefficient (Wildman–Crippen LogP) is 2.34. The van der Waals surface area contributed by atoms with Crippen LogP contribution >= 0.6 is 0 Å². The molecule has 0 aliphatic rings. The average molecular weight is 372 g/mol. The van der Waals surface area contributed by atoms with E-state index in [9.17, 15) is 8.42 Å². The molecule has 0 saturated carbocycles. The second kappa shape index (κ2) is 7.12. The Hall–Kier alpha value is -2.94. The van der Waals surface area contributed by atoms with Crippen molar-refractivity contribution >= 4 is 27.3 Å². The third kappa shape index (κ3) is 3.67. The topological polar surface area (TPSA) is 107 Å². The van der Waals surface area contributed by atoms with Gasteiger partial charge in [-0.05, 0) is 24.6 Å². The molecule has 0 bridgehead atoms. The summed E-state index contributed by atoms with van der Waals surface area (Å²) in [6, 6.07) is 8.92. The zero-order chi connectivity index (χ0) is 18.7. The van der Waals surface area contributed by atoms with E-state index in [-0.39, 0.29) is 11.7 Å². The summed E-state index contributed by atoms with van der Waals surface area (Å²) in [7, 11) is -1.91. The van der Waals surface area contributed by atoms with Gasteiger partial charge in [-0.3, -0.25) is 4.68 Å². The maximum Gasteiger partial charge on any atom is 0.244 e. The maximum atomic E-state index is 12.8. The van der Waals surface area contributed by atoms with Crippen LogP contribution in [0.5, 0.6) is 0 Å². The molecule has 0 atom stereocenters. The molecule has 1 aromatic carbocycles. The van der Waals surface area contributed by atoms with Crippen molar-refractivity contribution in [2.75, 3.05) is 15.8 Å². The highest BCUT2D eigenvalue weighted by molar-refractivity contribution is 7.93. The molecule has 0 radical (unpaired) electrons. The van der Waals surface area contributed by atoms with Gasteiger partial charge in [-0.15, -0.1) is 0 Å². The van der Waals surface area contributed by atoms with Crippen molar-refractivity contribution in [1.29, 1.82) is 0 Å². The maximum absolute atomic E-state index is 12.8. The number of nitrogen functional groups attached to an aromatic ring is 1. The minimum absolute atomic E-state index is 0.0165. The SMILES string of the molecule is CCCS(=O)(=O)N(c1cnn(C)c1)c1nccc(-c2ccc(N)cc2)n1. The van der Waals surface area contributed by atoms with E-state index in [0.29, 0.717) is 23.5 Å². The van der Waals surface area contributed by atoms with Crippen LogP contribution in [-0.4, -0.2) is 33.9 Å². The summed E-state index contributed by atoms with van der Waals surface area (Å²) >= 11 is 0. The van der Waals surface area contributed by atoms with E-state index in [1.54, 1.807) is 37.6 Å². The minimum atomic E-state index is -3.64. The molecule has 0 amide bonds. The fourth-order valence-electron chi connectivity index (χ4n) is 2.52. The number of rotatable bonds is 6. The van der Waals surface area contributed by atoms with Crippen molar-refractivity contribution in [3.8, 4) is 11.3 Å². The number of aryl methyl sites for hydroxylation is 1. The van der Waals surface area contributed by atoms with Crippen molar-refractivity contribution in [1.82, 2.24) is 19.7 Å². The summed E-state index contributed by atoms with van der Waals surface area (Å²) in [6.45, 7) is 1.81. The summed E-state index contributed by atoms with van der Waals surface area (Å²) in [6.07, 6.45) is 5.12. The highest BCUT2D eigenvalue weighted by atomic mass is 32.2. The fourth-order valence-corrected chi connectivity index (χ4v) is 3.97. The summed E-state index contributed by atoms with van der Waals surface area (Å²) < 4.78 is 28.3. The number of nitrogens with zero attached hydrogens (tertiary/aromatic N) is 5. The zero-order valence-corrected chi connectivity index (χ0v) is 15.4. The zero-order valence-electron chi connectivity index (χ0n) is 14.6. The molecule has 0 saturated heterocycles. The molecule has 0 unspecified atom stereocenters. The van der Waals surface area contributed by atoms with Crippen LogP contribution in [0.25, 0.3) is 11.3 Å². The van der Waals surface area contributed by atoms with Gasteiger partial charge < -0.3 is 5.73 Å². The molecule has 0 spiro atoms. The first kappa shape index (κ1) is 17.9. The smallest absolute Gasteiger partial charge is 0.244 e. The van der Waals surface area contributed by atoms with E-state index in [2.05, 4.69) is 15.1 Å². The van der Waals surface area contributed by atoms with Crippen LogP contribution in [0.15, 0.2) is 48.9 Å². The molecular weight excluding hydrogens is 352 g/mol. The molecule has 9 heteroatoms. The number of benzene rings is 1. The highest BCUT2D eigenvalue weighted by Gasteiger charge is 2.27. The Bertz CT molecular complexity index is 998. The van der Waals surface area contributed by atoms with Crippen LogP contribution < -0.4 is 10.0 Å². The number of hydrogen-bond donors (Lipinski definition) is 1. The Morgan fingerprint density at radius 3 is 2.54 bits per heavy atom. The van der Waals surface area contributed by atoms with E-state index < -0.39 is 10.0 Å². The van der Waals surface area contributed by atoms with Gasteiger partial charge >= 0.3 is 0 Å². The Morgan fingerprint density at radius 1 is 1.19 bits per heavy atom. The second-order valence-corrected chi connectivity index (χ2v) is 7.75. The molecule has 26 heavy (non-hydrogen) atoms. The molecular formula is C17H20N6O2S. The van der Waals surface area contributed by atoms with Crippen LogP contribution in [-0.2, 0) is 17.1 Å². The Kier molecular flexibility index (Phi) is 4.90. The van der Waals surface area contributed by atoms with Gasteiger partial charge in [-0.1, -0.05) is 19.1 Å². The highest BCUT2D eigenvalue weighted by Crippen LogP contribution is 2.28. The molecule has 0 fully saturated rings. The molecule has 2 aromatic heterocycles. The molecule has 2 heterocycles. The largest absolute Gasteiger partial charge is 0.399 e. The lowest BCUT2D eigenvalue weighted by molar-refractivity contribution is 0.594. The van der Waals surface area contributed by atoms with Crippen molar-refractivity contribution in [3.63, 3.8) is 0 Å². The molecule has 136 valence electrons. The number of aromatic nitrogens is 4. The first-order chi connectivity index (χ1) is 12.4. The number of sulfonamides is 1. The van der Waals surface area contributed by atoms with Crippen LogP contribution in [0.4, 0.5) is 17.3 Å². The molecule has 3 rings (SSSR count). The van der Waals surface area contributed by atoms with Crippen LogP contribution in [0, 0.1) is 0 Å². The standard InChI is InChI=1S/C17H20N6O2S/c1-3-10-26(24,25)23(15-11-20-22(2)12-15)17-19-9-8-16(21-17)13-4-6-14(18)7-5-13/h4-9,11-12H,3,10,18H2,1-2H3. The predicted molar refractivity (Wildman–Crippen MR) is 101 cm³/mol. The van der Waals surface area contributed by atoms with Gasteiger partial charge in [0, 0.05) is 30.7 Å². The minimum Gasteiger partial charge on any atom is -0.399 e. The van der Waals surface area contributed by atoms with Crippen molar-refractivity contribution in [2.24, 2.45) is 7.05 Å². The molecule has 8 nitrogen and oxygen atoms in total. The van der Waals surface area contributed by atoms with Crippen LogP contribution in [0.1, 0.15) is 13.3 Å². The van der Waals surface area contributed by atoms with E-state index >= 15 is 0 Å². The van der Waals surface area contributed by atoms with Gasteiger partial charge in [0.15, 0.2) is 0 Å². The second-order valence-electron chi connectivity index (χ2n) is 5.82. The Morgan fingerprint density at radius 2 is 1.92 bits per heavy atom. The van der Waals surface area contributed by atoms with Crippen LogP contribution in [0.2, 0.25) is 0 Å². The lowest BCUT2D eigenvalue weighted by Crippen LogP contribution is -2.29. The summed E-state index contributed by atoms with van der Waals surface area (Å²) in [5.74, 6) is 0.0675. The van der Waals surface area contributed by atoms with E-state index in [1.807, 2.05) is 19.1 Å². The summed E-state index contributed by atoms with van der Waals surface area (Å²) in [5.41, 5.74) is 8.19. The summed E-state index contributed by atoms with van der Waals surface area (Å²) in [4.78, 5) is 8.66. The first-order valence-corrected chi connectivity index (χ1v) is 9.72. The monoisotopic (exact) mass is 372 g/mol. The fraction of sp³-hybridized carbons (Fsp3) is 0.235. The number of nitrogens with two attached hydrogens (primary N) is 1. The third-order valence-electron chi connectivity index (χ3n) is 3.70. The van der Waals surface area contributed by atoms with Crippen molar-refractivity contribution in [3.05, 3.63) is 48.9 Å². The third-order valence-corrected chi connectivity index (χ3v) is 5.55. The summed E-state index contributed by atoms with van der Waals surface area (Å²) in [5, 5.41) is 4.07. The van der Waals surface area contributed by atoms with E-state index in [1.165, 1.54) is 10.9 Å². The molecule has 0 aliphatic carbocycles. The van der Waals surface area contributed by atoms with Gasteiger partial charge in [0.05, 0.1) is 23.3 Å². The van der Waals surface area contributed by atoms with Gasteiger partial charge in [0.2, 0.25) is 16.0 Å². The lowest BCUT2D eigenvalue weighted by Gasteiger charge is -2.20. The number of hydrogen-bond acceptors (Lipinski definition) is 6. The van der Waals surface area contributed by atoms with E-state index in [4.69, 9.17) is 5.73 Å². The van der Waals surface area contributed by atoms with Crippen LogP contribution in [0.3, 0.4) is 0 Å². The molecule has 2 N–H and O–H groups in total. The number of anilines is 3. The van der Waals surface area contributed by atoms with Gasteiger partial charge in [-0.25, -0.2) is 22.7 Å². The van der Waals surface area contributed by atoms with Crippen molar-refractivity contribution in [2.45, 2.75) is 13.3 Å². The van der Waals surface area contributed by atoms with Gasteiger partial charge in [0.25, 0.3) is 0 Å². The molecule has 3 aromatic rings.